The Morgan fingerprint density at radius 3 is 2.62 bits per heavy atom. The molecule has 5 nitrogen and oxygen atoms in total. The van der Waals surface area contributed by atoms with Crippen LogP contribution in [0.1, 0.15) is 19.8 Å². The zero-order chi connectivity index (χ0) is 12.0. The fourth-order valence-corrected chi connectivity index (χ4v) is 4.11. The molecule has 1 N–H and O–H groups in total. The minimum absolute atomic E-state index is 0.0233. The molecule has 0 saturated carbocycles. The first-order chi connectivity index (χ1) is 7.29. The molecule has 2 aliphatic heterocycles. The van der Waals surface area contributed by atoms with Crippen LogP contribution in [0.25, 0.3) is 0 Å². The minimum atomic E-state index is -3.01. The van der Waals surface area contributed by atoms with Gasteiger partial charge in [0.25, 0.3) is 0 Å². The molecule has 16 heavy (non-hydrogen) atoms. The van der Waals surface area contributed by atoms with Gasteiger partial charge in [0.05, 0.1) is 23.0 Å². The van der Waals surface area contributed by atoms with Crippen LogP contribution in [0.4, 0.5) is 0 Å². The highest BCUT2D eigenvalue weighted by atomic mass is 32.2. The van der Waals surface area contributed by atoms with Crippen molar-refractivity contribution >= 4 is 15.7 Å². The summed E-state index contributed by atoms with van der Waals surface area (Å²) in [5.74, 6) is -0.407. The smallest absolute Gasteiger partial charge is 0.226 e. The van der Waals surface area contributed by atoms with E-state index in [9.17, 15) is 18.3 Å². The second kappa shape index (κ2) is 3.70. The lowest BCUT2D eigenvalue weighted by atomic mass is 10.1. The zero-order valence-electron chi connectivity index (χ0n) is 9.35. The Balaban J connectivity index is 2.00. The van der Waals surface area contributed by atoms with Crippen molar-refractivity contribution in [2.45, 2.75) is 25.4 Å². The summed E-state index contributed by atoms with van der Waals surface area (Å²) >= 11 is 0. The van der Waals surface area contributed by atoms with Crippen LogP contribution in [0.2, 0.25) is 0 Å². The van der Waals surface area contributed by atoms with Crippen molar-refractivity contribution in [1.29, 1.82) is 0 Å². The van der Waals surface area contributed by atoms with Gasteiger partial charge in [-0.25, -0.2) is 8.42 Å². The summed E-state index contributed by atoms with van der Waals surface area (Å²) < 4.78 is 22.5. The van der Waals surface area contributed by atoms with Gasteiger partial charge in [0.2, 0.25) is 5.91 Å². The van der Waals surface area contributed by atoms with Gasteiger partial charge in [-0.1, -0.05) is 0 Å². The third-order valence-corrected chi connectivity index (χ3v) is 5.11. The van der Waals surface area contributed by atoms with E-state index >= 15 is 0 Å². The number of β-amino-alcohol motifs (C(OH)–C–C–N with tert-alkyl or cyclic N) is 1. The average Bonchev–Trinajstić information content (AvgIpc) is 2.68. The number of carbonyl (C=O) groups excluding carboxylic acids is 1. The average molecular weight is 247 g/mol. The monoisotopic (exact) mass is 247 g/mol. The van der Waals surface area contributed by atoms with Crippen LogP contribution in [0.15, 0.2) is 0 Å². The van der Waals surface area contributed by atoms with E-state index in [1.165, 1.54) is 0 Å². The van der Waals surface area contributed by atoms with Crippen molar-refractivity contribution in [3.05, 3.63) is 0 Å². The number of carbonyl (C=O) groups is 1. The summed E-state index contributed by atoms with van der Waals surface area (Å²) in [4.78, 5) is 13.6. The van der Waals surface area contributed by atoms with Gasteiger partial charge in [-0.05, 0) is 19.8 Å². The van der Waals surface area contributed by atoms with Crippen molar-refractivity contribution in [3.63, 3.8) is 0 Å². The number of amides is 1. The second-order valence-corrected chi connectivity index (χ2v) is 7.34. The van der Waals surface area contributed by atoms with E-state index in [1.54, 1.807) is 11.8 Å². The van der Waals surface area contributed by atoms with E-state index in [0.717, 1.165) is 0 Å². The third kappa shape index (κ3) is 2.38. The highest BCUT2D eigenvalue weighted by Gasteiger charge is 2.40. The first-order valence-electron chi connectivity index (χ1n) is 5.51. The Kier molecular flexibility index (Phi) is 2.74. The van der Waals surface area contributed by atoms with Gasteiger partial charge in [-0.2, -0.15) is 0 Å². The molecule has 2 aliphatic rings. The van der Waals surface area contributed by atoms with Crippen LogP contribution in [0.5, 0.6) is 0 Å². The minimum Gasteiger partial charge on any atom is -0.388 e. The number of likely N-dealkylation sites (tertiary alicyclic amines) is 1. The van der Waals surface area contributed by atoms with Crippen molar-refractivity contribution in [2.24, 2.45) is 5.92 Å². The van der Waals surface area contributed by atoms with E-state index in [2.05, 4.69) is 0 Å². The molecule has 0 aliphatic carbocycles. The topological polar surface area (TPSA) is 74.7 Å². The molecule has 0 radical (unpaired) electrons. The van der Waals surface area contributed by atoms with Gasteiger partial charge >= 0.3 is 0 Å². The van der Waals surface area contributed by atoms with Gasteiger partial charge in [0.1, 0.15) is 0 Å². The third-order valence-electron chi connectivity index (χ3n) is 3.35. The molecule has 2 rings (SSSR count). The van der Waals surface area contributed by atoms with Gasteiger partial charge in [-0.15, -0.1) is 0 Å². The first kappa shape index (κ1) is 11.9. The zero-order valence-corrected chi connectivity index (χ0v) is 10.2. The lowest BCUT2D eigenvalue weighted by Gasteiger charge is -2.21. The molecule has 0 aromatic rings. The molecule has 92 valence electrons. The van der Waals surface area contributed by atoms with Crippen molar-refractivity contribution in [2.75, 3.05) is 24.6 Å². The predicted octanol–water partition coefficient (Wildman–Crippen LogP) is -0.596. The molecule has 0 spiro atoms. The molecular weight excluding hydrogens is 230 g/mol. The fraction of sp³-hybridized carbons (Fsp3) is 0.900. The molecule has 0 aromatic heterocycles. The lowest BCUT2D eigenvalue weighted by molar-refractivity contribution is -0.134. The number of hydrogen-bond donors (Lipinski definition) is 1. The summed E-state index contributed by atoms with van der Waals surface area (Å²) in [5.41, 5.74) is -0.812. The van der Waals surface area contributed by atoms with Crippen molar-refractivity contribution < 1.29 is 18.3 Å². The van der Waals surface area contributed by atoms with E-state index < -0.39 is 15.4 Å². The van der Waals surface area contributed by atoms with Crippen molar-refractivity contribution in [3.8, 4) is 0 Å². The van der Waals surface area contributed by atoms with E-state index in [0.29, 0.717) is 25.9 Å². The number of nitrogens with zero attached hydrogens (tertiary/aromatic N) is 1. The van der Waals surface area contributed by atoms with Crippen LogP contribution < -0.4 is 0 Å². The van der Waals surface area contributed by atoms with Crippen molar-refractivity contribution in [1.82, 2.24) is 4.90 Å². The Bertz CT molecular complexity index is 401. The molecule has 6 heteroatoms. The quantitative estimate of drug-likeness (QED) is 0.671. The molecule has 2 atom stereocenters. The molecule has 1 amide bonds. The Hall–Kier alpha value is -0.620. The highest BCUT2D eigenvalue weighted by Crippen LogP contribution is 2.26. The van der Waals surface area contributed by atoms with Gasteiger partial charge < -0.3 is 10.0 Å². The van der Waals surface area contributed by atoms with Crippen LogP contribution in [0, 0.1) is 5.92 Å². The summed E-state index contributed by atoms with van der Waals surface area (Å²) in [6, 6.07) is 0. The van der Waals surface area contributed by atoms with E-state index in [1.807, 2.05) is 0 Å². The molecule has 2 saturated heterocycles. The largest absolute Gasteiger partial charge is 0.388 e. The number of rotatable bonds is 1. The predicted molar refractivity (Wildman–Crippen MR) is 58.6 cm³/mol. The molecular formula is C10H17NO4S. The normalized spacial score (nSPS) is 37.9. The SMILES string of the molecule is CC1(O)CCN(C(=O)C2CCS(=O)(=O)C2)C1. The van der Waals surface area contributed by atoms with Crippen LogP contribution in [0.3, 0.4) is 0 Å². The summed E-state index contributed by atoms with van der Waals surface area (Å²) in [6.07, 6.45) is 0.998. The van der Waals surface area contributed by atoms with E-state index in [4.69, 9.17) is 0 Å². The summed E-state index contributed by atoms with van der Waals surface area (Å²) in [7, 11) is -3.01. The van der Waals surface area contributed by atoms with Gasteiger partial charge in [0, 0.05) is 13.1 Å². The highest BCUT2D eigenvalue weighted by molar-refractivity contribution is 7.91. The van der Waals surface area contributed by atoms with E-state index in [-0.39, 0.29) is 23.3 Å². The standard InChI is InChI=1S/C10H17NO4S/c1-10(13)3-4-11(7-10)9(12)8-2-5-16(14,15)6-8/h8,13H,2-7H2,1H3. The fourth-order valence-electron chi connectivity index (χ4n) is 2.38. The molecule has 0 aromatic carbocycles. The Morgan fingerprint density at radius 1 is 1.50 bits per heavy atom. The molecule has 0 bridgehead atoms. The molecule has 2 fully saturated rings. The molecule has 2 heterocycles. The van der Waals surface area contributed by atoms with Crippen LogP contribution in [-0.4, -0.2) is 54.5 Å². The number of aliphatic hydroxyl groups is 1. The number of hydrogen-bond acceptors (Lipinski definition) is 4. The Labute approximate surface area is 95.4 Å². The lowest BCUT2D eigenvalue weighted by Crippen LogP contribution is -2.38. The summed E-state index contributed by atoms with van der Waals surface area (Å²) in [5, 5.41) is 9.75. The first-order valence-corrected chi connectivity index (χ1v) is 7.33. The maximum absolute atomic E-state index is 12.0. The van der Waals surface area contributed by atoms with Crippen LogP contribution >= 0.6 is 0 Å². The maximum atomic E-state index is 12.0. The Morgan fingerprint density at radius 2 is 2.19 bits per heavy atom. The van der Waals surface area contributed by atoms with Gasteiger partial charge in [0.15, 0.2) is 9.84 Å². The molecule has 2 unspecified atom stereocenters. The van der Waals surface area contributed by atoms with Gasteiger partial charge in [-0.3, -0.25) is 4.79 Å². The van der Waals surface area contributed by atoms with Crippen LogP contribution in [-0.2, 0) is 14.6 Å². The number of sulfone groups is 1. The second-order valence-electron chi connectivity index (χ2n) is 5.11. The summed E-state index contributed by atoms with van der Waals surface area (Å²) in [6.45, 7) is 2.55. The maximum Gasteiger partial charge on any atom is 0.226 e.